The zero-order chi connectivity index (χ0) is 18.3. The number of esters is 1. The molecule has 0 spiro atoms. The van der Waals surface area contributed by atoms with E-state index in [1.807, 2.05) is 6.92 Å². The Morgan fingerprint density at radius 2 is 1.42 bits per heavy atom. The van der Waals surface area contributed by atoms with Gasteiger partial charge in [0.1, 0.15) is 5.41 Å². The smallest absolute Gasteiger partial charge is 0.317 e. The van der Waals surface area contributed by atoms with E-state index in [-0.39, 0.29) is 13.2 Å². The van der Waals surface area contributed by atoms with Crippen LogP contribution < -0.4 is 0 Å². The summed E-state index contributed by atoms with van der Waals surface area (Å²) in [4.78, 5) is 12.3. The van der Waals surface area contributed by atoms with Crippen molar-refractivity contribution in [3.63, 3.8) is 0 Å². The number of hydrogen-bond donors (Lipinski definition) is 3. The van der Waals surface area contributed by atoms with Gasteiger partial charge < -0.3 is 20.1 Å². The van der Waals surface area contributed by atoms with Gasteiger partial charge in [0.2, 0.25) is 0 Å². The predicted molar refractivity (Wildman–Crippen MR) is 95.7 cm³/mol. The minimum atomic E-state index is -1.40. The van der Waals surface area contributed by atoms with Crippen LogP contribution in [0.25, 0.3) is 0 Å². The van der Waals surface area contributed by atoms with Gasteiger partial charge in [0, 0.05) is 12.5 Å². The van der Waals surface area contributed by atoms with Crippen LogP contribution >= 0.6 is 0 Å². The summed E-state index contributed by atoms with van der Waals surface area (Å²) in [6.07, 6.45) is 10.7. The fraction of sp³-hybridized carbons (Fsp3) is 0.947. The molecule has 0 amide bonds. The second-order valence-electron chi connectivity index (χ2n) is 6.75. The number of ether oxygens (including phenoxy) is 1. The lowest BCUT2D eigenvalue weighted by molar-refractivity contribution is -0.169. The molecule has 144 valence electrons. The summed E-state index contributed by atoms with van der Waals surface area (Å²) >= 11 is 0. The number of carbonyl (C=O) groups excluding carboxylic acids is 1. The standard InChI is InChI=1S/C19H38O5/c1-3-5-6-7-8-9-10-11-12-17(14-20)19(15-21,16-22)18(23)24-13-4-2/h17,20-22H,3-16H2,1-2H3. The van der Waals surface area contributed by atoms with E-state index in [9.17, 15) is 20.1 Å². The zero-order valence-corrected chi connectivity index (χ0v) is 15.6. The fourth-order valence-corrected chi connectivity index (χ4v) is 3.01. The summed E-state index contributed by atoms with van der Waals surface area (Å²) in [5, 5.41) is 29.1. The van der Waals surface area contributed by atoms with Crippen LogP contribution in [0.5, 0.6) is 0 Å². The summed E-state index contributed by atoms with van der Waals surface area (Å²) < 4.78 is 5.13. The molecule has 0 aromatic heterocycles. The predicted octanol–water partition coefficient (Wildman–Crippen LogP) is 3.05. The van der Waals surface area contributed by atoms with Crippen molar-refractivity contribution in [2.75, 3.05) is 26.4 Å². The van der Waals surface area contributed by atoms with Crippen LogP contribution in [0, 0.1) is 11.3 Å². The topological polar surface area (TPSA) is 87.0 Å². The van der Waals surface area contributed by atoms with Crippen molar-refractivity contribution in [2.24, 2.45) is 11.3 Å². The molecular weight excluding hydrogens is 308 g/mol. The fourth-order valence-electron chi connectivity index (χ4n) is 3.01. The first-order chi connectivity index (χ1) is 11.6. The Morgan fingerprint density at radius 1 is 0.875 bits per heavy atom. The highest BCUT2D eigenvalue weighted by atomic mass is 16.5. The Morgan fingerprint density at radius 3 is 1.88 bits per heavy atom. The second kappa shape index (κ2) is 14.7. The quantitative estimate of drug-likeness (QED) is 0.295. The first-order valence-electron chi connectivity index (χ1n) is 9.62. The van der Waals surface area contributed by atoms with Crippen LogP contribution in [-0.4, -0.2) is 47.7 Å². The third kappa shape index (κ3) is 7.95. The van der Waals surface area contributed by atoms with Crippen molar-refractivity contribution >= 4 is 5.97 Å². The van der Waals surface area contributed by atoms with Gasteiger partial charge in [-0.15, -0.1) is 0 Å². The Labute approximate surface area is 147 Å². The Bertz CT molecular complexity index is 302. The lowest BCUT2D eigenvalue weighted by Crippen LogP contribution is -2.48. The molecule has 5 heteroatoms. The van der Waals surface area contributed by atoms with Gasteiger partial charge in [-0.25, -0.2) is 0 Å². The van der Waals surface area contributed by atoms with Gasteiger partial charge in [0.25, 0.3) is 0 Å². The van der Waals surface area contributed by atoms with E-state index < -0.39 is 30.5 Å². The molecule has 0 radical (unpaired) electrons. The molecule has 0 saturated heterocycles. The van der Waals surface area contributed by atoms with Crippen LogP contribution in [0.4, 0.5) is 0 Å². The molecular formula is C19H38O5. The van der Waals surface area contributed by atoms with Gasteiger partial charge in [-0.05, 0) is 12.8 Å². The SMILES string of the molecule is CCCCCCCCCCC(CO)C(CO)(CO)C(=O)OCCC. The second-order valence-corrected chi connectivity index (χ2v) is 6.75. The number of aliphatic hydroxyl groups is 3. The summed E-state index contributed by atoms with van der Waals surface area (Å²) in [5.74, 6) is -1.08. The zero-order valence-electron chi connectivity index (χ0n) is 15.6. The normalized spacial score (nSPS) is 13.0. The van der Waals surface area contributed by atoms with Crippen LogP contribution in [0.2, 0.25) is 0 Å². The maximum Gasteiger partial charge on any atom is 0.317 e. The molecule has 24 heavy (non-hydrogen) atoms. The molecule has 0 aliphatic carbocycles. The third-order valence-electron chi connectivity index (χ3n) is 4.82. The molecule has 0 bridgehead atoms. The Hall–Kier alpha value is -0.650. The Kier molecular flexibility index (Phi) is 14.3. The van der Waals surface area contributed by atoms with Crippen LogP contribution in [0.1, 0.15) is 78.1 Å². The lowest BCUT2D eigenvalue weighted by Gasteiger charge is -2.34. The molecule has 0 aromatic rings. The van der Waals surface area contributed by atoms with Crippen molar-refractivity contribution in [1.82, 2.24) is 0 Å². The molecule has 0 aromatic carbocycles. The van der Waals surface area contributed by atoms with Gasteiger partial charge >= 0.3 is 5.97 Å². The number of aliphatic hydroxyl groups excluding tert-OH is 3. The largest absolute Gasteiger partial charge is 0.465 e. The maximum absolute atomic E-state index is 12.3. The van der Waals surface area contributed by atoms with Gasteiger partial charge in [-0.1, -0.05) is 65.2 Å². The van der Waals surface area contributed by atoms with E-state index in [2.05, 4.69) is 6.92 Å². The number of unbranched alkanes of at least 4 members (excludes halogenated alkanes) is 7. The molecule has 0 fully saturated rings. The minimum absolute atomic E-state index is 0.237. The van der Waals surface area contributed by atoms with Crippen LogP contribution in [0.3, 0.4) is 0 Å². The summed E-state index contributed by atoms with van der Waals surface area (Å²) in [6.45, 7) is 3.10. The molecule has 0 aliphatic heterocycles. The van der Waals surface area contributed by atoms with Crippen molar-refractivity contribution in [1.29, 1.82) is 0 Å². The van der Waals surface area contributed by atoms with Crippen molar-refractivity contribution in [3.05, 3.63) is 0 Å². The summed E-state index contributed by atoms with van der Waals surface area (Å²) in [5.41, 5.74) is -1.40. The maximum atomic E-state index is 12.3. The van der Waals surface area contributed by atoms with E-state index in [0.717, 1.165) is 19.3 Å². The van der Waals surface area contributed by atoms with Crippen molar-refractivity contribution < 1.29 is 24.9 Å². The first kappa shape index (κ1) is 23.4. The van der Waals surface area contributed by atoms with Gasteiger partial charge in [-0.3, -0.25) is 4.79 Å². The lowest BCUT2D eigenvalue weighted by atomic mass is 9.74. The average Bonchev–Trinajstić information content (AvgIpc) is 2.61. The number of carbonyl (C=O) groups is 1. The Balaban J connectivity index is 4.36. The van der Waals surface area contributed by atoms with E-state index in [1.54, 1.807) is 0 Å². The minimum Gasteiger partial charge on any atom is -0.465 e. The van der Waals surface area contributed by atoms with Gasteiger partial charge in [-0.2, -0.15) is 0 Å². The van der Waals surface area contributed by atoms with Crippen LogP contribution in [-0.2, 0) is 9.53 Å². The van der Waals surface area contributed by atoms with E-state index in [0.29, 0.717) is 12.8 Å². The summed E-state index contributed by atoms with van der Waals surface area (Å²) in [7, 11) is 0. The van der Waals surface area contributed by atoms with Crippen molar-refractivity contribution in [2.45, 2.75) is 78.1 Å². The number of hydrogen-bond acceptors (Lipinski definition) is 5. The molecule has 0 aliphatic rings. The number of rotatable bonds is 16. The monoisotopic (exact) mass is 346 g/mol. The van der Waals surface area contributed by atoms with Crippen LogP contribution in [0.15, 0.2) is 0 Å². The highest BCUT2D eigenvalue weighted by Crippen LogP contribution is 2.33. The molecule has 0 heterocycles. The van der Waals surface area contributed by atoms with Gasteiger partial charge in [0.15, 0.2) is 0 Å². The van der Waals surface area contributed by atoms with E-state index in [4.69, 9.17) is 4.74 Å². The summed E-state index contributed by atoms with van der Waals surface area (Å²) in [6, 6.07) is 0. The highest BCUT2D eigenvalue weighted by molar-refractivity contribution is 5.77. The molecule has 0 saturated carbocycles. The molecule has 1 atom stereocenters. The molecule has 0 rings (SSSR count). The third-order valence-corrected chi connectivity index (χ3v) is 4.82. The highest BCUT2D eigenvalue weighted by Gasteiger charge is 2.45. The molecule has 1 unspecified atom stereocenters. The molecule has 3 N–H and O–H groups in total. The molecule has 5 nitrogen and oxygen atoms in total. The first-order valence-corrected chi connectivity index (χ1v) is 9.62. The van der Waals surface area contributed by atoms with E-state index in [1.165, 1.54) is 32.1 Å². The average molecular weight is 347 g/mol. The van der Waals surface area contributed by atoms with E-state index >= 15 is 0 Å². The van der Waals surface area contributed by atoms with Crippen molar-refractivity contribution in [3.8, 4) is 0 Å². The van der Waals surface area contributed by atoms with Gasteiger partial charge in [0.05, 0.1) is 19.8 Å².